The van der Waals surface area contributed by atoms with Crippen LogP contribution in [-0.4, -0.2) is 29.6 Å². The average Bonchev–Trinajstić information content (AvgIpc) is 3.04. The SMILES string of the molecule is CCOc1cc(/C=N\N2C(=O)c3ccccc3C2=O)c(Br)cc1OCc1ccc(Cl)cc1Cl. The van der Waals surface area contributed by atoms with Crippen LogP contribution in [0.5, 0.6) is 11.5 Å². The van der Waals surface area contributed by atoms with Gasteiger partial charge in [0.15, 0.2) is 11.5 Å². The number of nitrogens with zero attached hydrogens (tertiary/aromatic N) is 2. The van der Waals surface area contributed by atoms with Crippen LogP contribution < -0.4 is 9.47 Å². The summed E-state index contributed by atoms with van der Waals surface area (Å²) < 4.78 is 12.3. The van der Waals surface area contributed by atoms with Crippen molar-refractivity contribution in [2.24, 2.45) is 5.10 Å². The summed E-state index contributed by atoms with van der Waals surface area (Å²) in [5, 5.41) is 6.03. The second-order valence-electron chi connectivity index (χ2n) is 6.99. The van der Waals surface area contributed by atoms with Crippen LogP contribution in [-0.2, 0) is 6.61 Å². The van der Waals surface area contributed by atoms with E-state index in [4.69, 9.17) is 32.7 Å². The van der Waals surface area contributed by atoms with Crippen LogP contribution in [0.1, 0.15) is 38.8 Å². The number of carbonyl (C=O) groups excluding carboxylic acids is 2. The second-order valence-corrected chi connectivity index (χ2v) is 8.69. The van der Waals surface area contributed by atoms with Crippen LogP contribution in [0.2, 0.25) is 10.0 Å². The molecule has 1 heterocycles. The van der Waals surface area contributed by atoms with Crippen molar-refractivity contribution < 1.29 is 19.1 Å². The predicted octanol–water partition coefficient (Wildman–Crippen LogP) is 6.36. The van der Waals surface area contributed by atoms with Crippen LogP contribution in [0.3, 0.4) is 0 Å². The topological polar surface area (TPSA) is 68.2 Å². The van der Waals surface area contributed by atoms with Crippen molar-refractivity contribution in [3.05, 3.63) is 91.4 Å². The molecule has 3 aromatic rings. The maximum absolute atomic E-state index is 12.5. The first kappa shape index (κ1) is 23.3. The molecule has 6 nitrogen and oxygen atoms in total. The molecule has 33 heavy (non-hydrogen) atoms. The quantitative estimate of drug-likeness (QED) is 0.255. The molecule has 0 bridgehead atoms. The van der Waals surface area contributed by atoms with Gasteiger partial charge in [0.25, 0.3) is 11.8 Å². The van der Waals surface area contributed by atoms with Gasteiger partial charge in [0.1, 0.15) is 6.61 Å². The third kappa shape index (κ3) is 4.90. The van der Waals surface area contributed by atoms with E-state index in [0.29, 0.717) is 49.3 Å². The van der Waals surface area contributed by atoms with Crippen molar-refractivity contribution in [3.8, 4) is 11.5 Å². The summed E-state index contributed by atoms with van der Waals surface area (Å²) in [6.45, 7) is 2.48. The predicted molar refractivity (Wildman–Crippen MR) is 131 cm³/mol. The van der Waals surface area contributed by atoms with Gasteiger partial charge in [-0.1, -0.05) is 41.4 Å². The molecule has 4 rings (SSSR count). The van der Waals surface area contributed by atoms with Crippen LogP contribution in [0.4, 0.5) is 0 Å². The standard InChI is InChI=1S/C24H17BrCl2N2O4/c1-2-32-21-9-15(12-28-29-23(30)17-5-3-4-6-18(17)24(29)31)19(25)11-22(21)33-13-14-7-8-16(26)10-20(14)27/h3-12H,2,13H2,1H3/b28-12-. The molecule has 0 saturated heterocycles. The van der Waals surface area contributed by atoms with Gasteiger partial charge in [-0.25, -0.2) is 0 Å². The minimum atomic E-state index is -0.465. The van der Waals surface area contributed by atoms with Gasteiger partial charge in [-0.3, -0.25) is 9.59 Å². The van der Waals surface area contributed by atoms with E-state index in [2.05, 4.69) is 21.0 Å². The lowest BCUT2D eigenvalue weighted by Gasteiger charge is -2.15. The summed E-state index contributed by atoms with van der Waals surface area (Å²) in [5.74, 6) is 0.0443. The van der Waals surface area contributed by atoms with E-state index in [9.17, 15) is 9.59 Å². The molecule has 1 aliphatic heterocycles. The van der Waals surface area contributed by atoms with Gasteiger partial charge in [-0.2, -0.15) is 10.1 Å². The van der Waals surface area contributed by atoms with Crippen molar-refractivity contribution in [2.75, 3.05) is 6.61 Å². The number of imide groups is 1. The van der Waals surface area contributed by atoms with Crippen molar-refractivity contribution >= 4 is 57.2 Å². The highest BCUT2D eigenvalue weighted by molar-refractivity contribution is 9.10. The summed E-state index contributed by atoms with van der Waals surface area (Å²) in [5.41, 5.74) is 2.04. The second kappa shape index (κ2) is 9.95. The molecule has 0 saturated carbocycles. The first-order valence-corrected chi connectivity index (χ1v) is 11.5. The monoisotopic (exact) mass is 546 g/mol. The third-order valence-corrected chi connectivity index (χ3v) is 6.12. The van der Waals surface area contributed by atoms with Gasteiger partial charge >= 0.3 is 0 Å². The Hall–Kier alpha value is -2.87. The molecule has 0 atom stereocenters. The van der Waals surface area contributed by atoms with Gasteiger partial charge in [0.2, 0.25) is 0 Å². The lowest BCUT2D eigenvalue weighted by atomic mass is 10.1. The Labute approximate surface area is 208 Å². The normalized spacial score (nSPS) is 13.0. The molecule has 2 amide bonds. The zero-order valence-corrected chi connectivity index (χ0v) is 20.4. The Balaban J connectivity index is 1.57. The molecule has 0 aromatic heterocycles. The summed E-state index contributed by atoms with van der Waals surface area (Å²) >= 11 is 15.7. The molecule has 0 unspecified atom stereocenters. The smallest absolute Gasteiger partial charge is 0.282 e. The molecule has 1 aliphatic rings. The number of rotatable bonds is 7. The molecule has 3 aromatic carbocycles. The van der Waals surface area contributed by atoms with Gasteiger partial charge < -0.3 is 9.47 Å². The molecule has 0 radical (unpaired) electrons. The van der Waals surface area contributed by atoms with Gasteiger partial charge in [-0.15, -0.1) is 0 Å². The molecular weight excluding hydrogens is 531 g/mol. The fourth-order valence-electron chi connectivity index (χ4n) is 3.23. The van der Waals surface area contributed by atoms with Crippen molar-refractivity contribution in [2.45, 2.75) is 13.5 Å². The van der Waals surface area contributed by atoms with E-state index in [1.165, 1.54) is 6.21 Å². The Morgan fingerprint density at radius 1 is 0.970 bits per heavy atom. The van der Waals surface area contributed by atoms with Crippen LogP contribution >= 0.6 is 39.1 Å². The van der Waals surface area contributed by atoms with E-state index in [1.54, 1.807) is 54.6 Å². The third-order valence-electron chi connectivity index (χ3n) is 4.85. The number of carbonyl (C=O) groups is 2. The molecular formula is C24H17BrCl2N2O4. The average molecular weight is 548 g/mol. The number of hydrogen-bond donors (Lipinski definition) is 0. The van der Waals surface area contributed by atoms with E-state index < -0.39 is 11.8 Å². The number of halogens is 3. The van der Waals surface area contributed by atoms with Gasteiger partial charge in [0.05, 0.1) is 23.9 Å². The fourth-order valence-corrected chi connectivity index (χ4v) is 4.11. The lowest BCUT2D eigenvalue weighted by Crippen LogP contribution is -2.24. The molecule has 0 N–H and O–H groups in total. The molecule has 0 spiro atoms. The Morgan fingerprint density at radius 2 is 1.64 bits per heavy atom. The number of hydrogen-bond acceptors (Lipinski definition) is 5. The summed E-state index contributed by atoms with van der Waals surface area (Å²) in [6.07, 6.45) is 1.42. The maximum atomic E-state index is 12.5. The van der Waals surface area contributed by atoms with Gasteiger partial charge in [-0.05, 0) is 59.3 Å². The van der Waals surface area contributed by atoms with Gasteiger partial charge in [0, 0.05) is 25.6 Å². The van der Waals surface area contributed by atoms with Crippen molar-refractivity contribution in [1.29, 1.82) is 0 Å². The number of hydrazone groups is 1. The van der Waals surface area contributed by atoms with Crippen molar-refractivity contribution in [3.63, 3.8) is 0 Å². The Bertz CT molecular complexity index is 1240. The Morgan fingerprint density at radius 3 is 2.27 bits per heavy atom. The number of benzene rings is 3. The molecule has 0 aliphatic carbocycles. The first-order valence-electron chi connectivity index (χ1n) is 9.94. The summed E-state index contributed by atoms with van der Waals surface area (Å²) in [4.78, 5) is 25.0. The van der Waals surface area contributed by atoms with E-state index in [0.717, 1.165) is 10.6 Å². The largest absolute Gasteiger partial charge is 0.490 e. The van der Waals surface area contributed by atoms with Crippen molar-refractivity contribution in [1.82, 2.24) is 5.01 Å². The molecule has 0 fully saturated rings. The maximum Gasteiger partial charge on any atom is 0.282 e. The number of ether oxygens (including phenoxy) is 2. The highest BCUT2D eigenvalue weighted by atomic mass is 79.9. The minimum absolute atomic E-state index is 0.213. The van der Waals surface area contributed by atoms with Crippen LogP contribution in [0.15, 0.2) is 64.2 Å². The molecule has 9 heteroatoms. The fraction of sp³-hybridized carbons (Fsp3) is 0.125. The van der Waals surface area contributed by atoms with Crippen LogP contribution in [0.25, 0.3) is 0 Å². The lowest BCUT2D eigenvalue weighted by molar-refractivity contribution is 0.0660. The summed E-state index contributed by atoms with van der Waals surface area (Å²) in [6, 6.07) is 15.3. The first-order chi connectivity index (χ1) is 15.9. The number of fused-ring (bicyclic) bond motifs is 1. The van der Waals surface area contributed by atoms with E-state index in [1.807, 2.05) is 6.92 Å². The zero-order chi connectivity index (χ0) is 23.5. The minimum Gasteiger partial charge on any atom is -0.490 e. The highest BCUT2D eigenvalue weighted by Crippen LogP contribution is 2.35. The van der Waals surface area contributed by atoms with E-state index >= 15 is 0 Å². The Kier molecular flexibility index (Phi) is 7.02. The zero-order valence-electron chi connectivity index (χ0n) is 17.3. The molecule has 168 valence electrons. The summed E-state index contributed by atoms with van der Waals surface area (Å²) in [7, 11) is 0. The van der Waals surface area contributed by atoms with Crippen LogP contribution in [0, 0.1) is 0 Å². The van der Waals surface area contributed by atoms with E-state index in [-0.39, 0.29) is 6.61 Å². The number of amides is 2. The highest BCUT2D eigenvalue weighted by Gasteiger charge is 2.35.